The summed E-state index contributed by atoms with van der Waals surface area (Å²) in [5.74, 6) is 3.63. The van der Waals surface area contributed by atoms with Crippen molar-refractivity contribution in [2.24, 2.45) is 0 Å². The van der Waals surface area contributed by atoms with Crippen molar-refractivity contribution in [2.75, 3.05) is 20.1 Å². The molecular weight excluding hydrogens is 320 g/mol. The van der Waals surface area contributed by atoms with E-state index in [0.29, 0.717) is 24.4 Å². The van der Waals surface area contributed by atoms with Gasteiger partial charge in [-0.1, -0.05) is 17.2 Å². The first-order valence-corrected chi connectivity index (χ1v) is 9.23. The molecule has 0 unspecified atom stereocenters. The minimum atomic E-state index is 0.162. The highest BCUT2D eigenvalue weighted by atomic mass is 16.5. The van der Waals surface area contributed by atoms with Crippen molar-refractivity contribution in [2.45, 2.75) is 64.1 Å². The predicted octanol–water partition coefficient (Wildman–Crippen LogP) is 2.16. The molecule has 2 atom stereocenters. The fourth-order valence-electron chi connectivity index (χ4n) is 3.41. The summed E-state index contributed by atoms with van der Waals surface area (Å²) in [7, 11) is 2.12. The lowest BCUT2D eigenvalue weighted by Crippen LogP contribution is -2.35. The fraction of sp³-hybridized carbons (Fsp3) is 0.765. The van der Waals surface area contributed by atoms with Crippen LogP contribution in [-0.4, -0.2) is 56.3 Å². The van der Waals surface area contributed by atoms with E-state index in [1.54, 1.807) is 0 Å². The van der Waals surface area contributed by atoms with Gasteiger partial charge in [0.25, 0.3) is 0 Å². The highest BCUT2D eigenvalue weighted by molar-refractivity contribution is 5.05. The van der Waals surface area contributed by atoms with E-state index in [0.717, 1.165) is 43.5 Å². The average Bonchev–Trinajstić information content (AvgIpc) is 3.07. The Morgan fingerprint density at radius 1 is 1.20 bits per heavy atom. The van der Waals surface area contributed by atoms with Gasteiger partial charge in [-0.2, -0.15) is 9.97 Å². The fourth-order valence-corrected chi connectivity index (χ4v) is 3.41. The molecule has 1 aliphatic carbocycles. The van der Waals surface area contributed by atoms with Gasteiger partial charge in [0.05, 0.1) is 12.6 Å². The molecule has 3 heterocycles. The van der Waals surface area contributed by atoms with Crippen LogP contribution in [0.25, 0.3) is 0 Å². The smallest absolute Gasteiger partial charge is 0.243 e. The van der Waals surface area contributed by atoms with E-state index in [-0.39, 0.29) is 6.04 Å². The first-order chi connectivity index (χ1) is 12.1. The normalized spacial score (nSPS) is 22.8. The minimum absolute atomic E-state index is 0.162. The number of hydrogen-bond acceptors (Lipinski definition) is 8. The van der Waals surface area contributed by atoms with Crippen LogP contribution in [0.2, 0.25) is 0 Å². The molecule has 136 valence electrons. The van der Waals surface area contributed by atoms with Crippen molar-refractivity contribution in [1.29, 1.82) is 0 Å². The summed E-state index contributed by atoms with van der Waals surface area (Å²) in [5, 5.41) is 8.19. The zero-order chi connectivity index (χ0) is 17.4. The third-order valence-electron chi connectivity index (χ3n) is 5.33. The Kier molecular flexibility index (Phi) is 4.56. The molecule has 0 aromatic carbocycles. The summed E-state index contributed by atoms with van der Waals surface area (Å²) in [4.78, 5) is 13.7. The molecule has 1 saturated heterocycles. The molecule has 1 aliphatic heterocycles. The maximum absolute atomic E-state index is 5.50. The Labute approximate surface area is 147 Å². The van der Waals surface area contributed by atoms with Crippen LogP contribution in [0.3, 0.4) is 0 Å². The largest absolute Gasteiger partial charge is 0.339 e. The standard InChI is InChI=1S/C17H26N6O2/c1-4-15-18-14(20-24-15)10-22(3)13-7-8-23(9-13)11(2)17-19-16(21-25-17)12-5-6-12/h11-13H,4-10H2,1-3H3/t11-,13-/m0/s1. The van der Waals surface area contributed by atoms with E-state index in [9.17, 15) is 0 Å². The number of aromatic nitrogens is 4. The Hall–Kier alpha value is -1.80. The lowest BCUT2D eigenvalue weighted by Gasteiger charge is -2.25. The monoisotopic (exact) mass is 346 g/mol. The molecule has 8 nitrogen and oxygen atoms in total. The van der Waals surface area contributed by atoms with Crippen LogP contribution in [0.1, 0.15) is 68.5 Å². The van der Waals surface area contributed by atoms with Crippen LogP contribution in [0, 0.1) is 0 Å². The number of rotatable bonds is 7. The van der Waals surface area contributed by atoms with Crippen molar-refractivity contribution < 1.29 is 9.05 Å². The van der Waals surface area contributed by atoms with Crippen molar-refractivity contribution in [3.8, 4) is 0 Å². The van der Waals surface area contributed by atoms with Gasteiger partial charge in [-0.15, -0.1) is 0 Å². The molecule has 4 rings (SSSR count). The molecule has 25 heavy (non-hydrogen) atoms. The molecule has 2 fully saturated rings. The third-order valence-corrected chi connectivity index (χ3v) is 5.33. The van der Waals surface area contributed by atoms with E-state index in [1.807, 2.05) is 6.92 Å². The Morgan fingerprint density at radius 2 is 2.04 bits per heavy atom. The summed E-state index contributed by atoms with van der Waals surface area (Å²) in [5.41, 5.74) is 0. The van der Waals surface area contributed by atoms with Gasteiger partial charge in [0.2, 0.25) is 11.8 Å². The van der Waals surface area contributed by atoms with Crippen molar-refractivity contribution >= 4 is 0 Å². The van der Waals surface area contributed by atoms with Gasteiger partial charge in [0.1, 0.15) is 0 Å². The van der Waals surface area contributed by atoms with E-state index >= 15 is 0 Å². The molecule has 1 saturated carbocycles. The van der Waals surface area contributed by atoms with Crippen LogP contribution in [0.4, 0.5) is 0 Å². The summed E-state index contributed by atoms with van der Waals surface area (Å²) in [6.45, 7) is 6.90. The molecule has 0 amide bonds. The molecule has 8 heteroatoms. The second-order valence-corrected chi connectivity index (χ2v) is 7.25. The quantitative estimate of drug-likeness (QED) is 0.754. The molecule has 0 N–H and O–H groups in total. The van der Waals surface area contributed by atoms with Crippen molar-refractivity contribution in [3.63, 3.8) is 0 Å². The van der Waals surface area contributed by atoms with E-state index in [1.165, 1.54) is 12.8 Å². The number of nitrogens with zero attached hydrogens (tertiary/aromatic N) is 6. The number of aryl methyl sites for hydroxylation is 1. The Balaban J connectivity index is 1.33. The van der Waals surface area contributed by atoms with Crippen LogP contribution >= 0.6 is 0 Å². The summed E-state index contributed by atoms with van der Waals surface area (Å²) >= 11 is 0. The van der Waals surface area contributed by atoms with E-state index in [4.69, 9.17) is 9.05 Å². The number of likely N-dealkylation sites (tertiary alicyclic amines) is 1. The Bertz CT molecular complexity index is 710. The summed E-state index contributed by atoms with van der Waals surface area (Å²) in [6.07, 6.45) is 4.28. The van der Waals surface area contributed by atoms with Crippen molar-refractivity contribution in [3.05, 3.63) is 23.4 Å². The van der Waals surface area contributed by atoms with Gasteiger partial charge in [-0.25, -0.2) is 0 Å². The SMILES string of the molecule is CCc1nc(CN(C)[C@H]2CCN([C@@H](C)c3nc(C4CC4)no3)C2)no1. The Morgan fingerprint density at radius 3 is 2.76 bits per heavy atom. The minimum Gasteiger partial charge on any atom is -0.339 e. The molecule has 2 aromatic rings. The van der Waals surface area contributed by atoms with Gasteiger partial charge in [-0.05, 0) is 33.2 Å². The summed E-state index contributed by atoms with van der Waals surface area (Å²) < 4.78 is 10.7. The second kappa shape index (κ2) is 6.84. The van der Waals surface area contributed by atoms with Crippen LogP contribution in [0.5, 0.6) is 0 Å². The van der Waals surface area contributed by atoms with Crippen LogP contribution in [0.15, 0.2) is 9.05 Å². The van der Waals surface area contributed by atoms with Gasteiger partial charge in [-0.3, -0.25) is 9.80 Å². The zero-order valence-electron chi connectivity index (χ0n) is 15.2. The molecule has 0 bridgehead atoms. The van der Waals surface area contributed by atoms with Gasteiger partial charge >= 0.3 is 0 Å². The van der Waals surface area contributed by atoms with E-state index < -0.39 is 0 Å². The molecule has 2 aliphatic rings. The maximum atomic E-state index is 5.50. The molecule has 2 aromatic heterocycles. The lowest BCUT2D eigenvalue weighted by molar-refractivity contribution is 0.177. The molecule has 0 spiro atoms. The maximum Gasteiger partial charge on any atom is 0.243 e. The number of hydrogen-bond donors (Lipinski definition) is 0. The highest BCUT2D eigenvalue weighted by Crippen LogP contribution is 2.38. The van der Waals surface area contributed by atoms with Gasteiger partial charge < -0.3 is 9.05 Å². The van der Waals surface area contributed by atoms with Crippen LogP contribution in [-0.2, 0) is 13.0 Å². The van der Waals surface area contributed by atoms with E-state index in [2.05, 4.69) is 44.1 Å². The first kappa shape index (κ1) is 16.7. The topological polar surface area (TPSA) is 84.3 Å². The first-order valence-electron chi connectivity index (χ1n) is 9.23. The summed E-state index contributed by atoms with van der Waals surface area (Å²) in [6, 6.07) is 0.632. The van der Waals surface area contributed by atoms with Crippen molar-refractivity contribution in [1.82, 2.24) is 30.1 Å². The average molecular weight is 346 g/mol. The highest BCUT2D eigenvalue weighted by Gasteiger charge is 2.34. The van der Waals surface area contributed by atoms with Crippen LogP contribution < -0.4 is 0 Å². The lowest BCUT2D eigenvalue weighted by atomic mass is 10.2. The van der Waals surface area contributed by atoms with Gasteiger partial charge in [0, 0.05) is 31.5 Å². The third kappa shape index (κ3) is 3.59. The van der Waals surface area contributed by atoms with Gasteiger partial charge in [0.15, 0.2) is 11.6 Å². The number of likely N-dealkylation sites (N-methyl/N-ethyl adjacent to an activating group) is 1. The second-order valence-electron chi connectivity index (χ2n) is 7.25. The zero-order valence-corrected chi connectivity index (χ0v) is 15.2. The molecular formula is C17H26N6O2. The molecule has 0 radical (unpaired) electrons. The predicted molar refractivity (Wildman–Crippen MR) is 89.8 cm³/mol.